The van der Waals surface area contributed by atoms with Crippen molar-refractivity contribution in [2.45, 2.75) is 245 Å². The van der Waals surface area contributed by atoms with Gasteiger partial charge >= 0.3 is 11.9 Å². The molecule has 52 heavy (non-hydrogen) atoms. The molecule has 4 nitrogen and oxygen atoms in total. The summed E-state index contributed by atoms with van der Waals surface area (Å²) in [5.41, 5.74) is 0. The van der Waals surface area contributed by atoms with E-state index < -0.39 is 5.97 Å². The average molecular weight is 727 g/mol. The van der Waals surface area contributed by atoms with Gasteiger partial charge < -0.3 is 9.84 Å². The lowest BCUT2D eigenvalue weighted by atomic mass is 10.0. The van der Waals surface area contributed by atoms with Crippen molar-refractivity contribution < 1.29 is 19.4 Å². The van der Waals surface area contributed by atoms with E-state index in [1.54, 1.807) is 0 Å². The number of allylic oxidation sites excluding steroid dienone is 8. The molecule has 1 unspecified atom stereocenters. The molecular weight excluding hydrogens is 641 g/mol. The maximum absolute atomic E-state index is 12.8. The number of carboxylic acid groups (broad SMARTS) is 1. The standard InChI is InChI=1S/C48H86O4/c1-3-5-7-9-11-13-14-15-16-17-18-19-20-21-22-23-24-29-33-37-41-45-48(51)52-46(42-38-34-30-26-12-10-8-6-4-2)43-39-35-31-27-25-28-32-36-40-44-47(49)50/h11,13,15-16,18-19,21-22,46H,3-10,12,14,17,20,23-45H2,1-2H3,(H,49,50)/b13-11-,16-15-,19-18-,22-21-. The van der Waals surface area contributed by atoms with Crippen LogP contribution in [-0.2, 0) is 14.3 Å². The molecule has 1 atom stereocenters. The molecule has 0 aliphatic carbocycles. The highest BCUT2D eigenvalue weighted by molar-refractivity contribution is 5.69. The maximum atomic E-state index is 12.8. The molecule has 0 bridgehead atoms. The number of rotatable bonds is 41. The van der Waals surface area contributed by atoms with Crippen LogP contribution in [0.1, 0.15) is 239 Å². The fraction of sp³-hybridized carbons (Fsp3) is 0.792. The summed E-state index contributed by atoms with van der Waals surface area (Å²) in [6, 6.07) is 0. The molecule has 0 rings (SSSR count). The molecular formula is C48H86O4. The number of carbonyl (C=O) groups excluding carboxylic acids is 1. The van der Waals surface area contributed by atoms with Gasteiger partial charge in [0.05, 0.1) is 0 Å². The predicted molar refractivity (Wildman–Crippen MR) is 227 cm³/mol. The zero-order valence-electron chi connectivity index (χ0n) is 34.6. The average Bonchev–Trinajstić information content (AvgIpc) is 3.13. The summed E-state index contributed by atoms with van der Waals surface area (Å²) in [6.07, 6.45) is 58.6. The lowest BCUT2D eigenvalue weighted by molar-refractivity contribution is -0.150. The second-order valence-electron chi connectivity index (χ2n) is 15.2. The molecule has 0 saturated carbocycles. The van der Waals surface area contributed by atoms with E-state index in [-0.39, 0.29) is 12.1 Å². The van der Waals surface area contributed by atoms with Gasteiger partial charge in [0, 0.05) is 12.8 Å². The van der Waals surface area contributed by atoms with E-state index in [1.165, 1.54) is 135 Å². The van der Waals surface area contributed by atoms with Crippen molar-refractivity contribution >= 4 is 11.9 Å². The van der Waals surface area contributed by atoms with E-state index in [0.717, 1.165) is 77.0 Å². The highest BCUT2D eigenvalue weighted by Crippen LogP contribution is 2.19. The molecule has 0 aliphatic heterocycles. The normalized spacial score (nSPS) is 12.7. The quantitative estimate of drug-likeness (QED) is 0.0387. The predicted octanol–water partition coefficient (Wildman–Crippen LogP) is 15.9. The Hall–Kier alpha value is -2.10. The summed E-state index contributed by atoms with van der Waals surface area (Å²) < 4.78 is 6.06. The Morgan fingerprint density at radius 2 is 0.750 bits per heavy atom. The van der Waals surface area contributed by atoms with Crippen molar-refractivity contribution in [3.8, 4) is 0 Å². The van der Waals surface area contributed by atoms with Gasteiger partial charge in [-0.3, -0.25) is 9.59 Å². The zero-order chi connectivity index (χ0) is 37.8. The topological polar surface area (TPSA) is 63.6 Å². The second kappa shape index (κ2) is 43.3. The van der Waals surface area contributed by atoms with E-state index in [4.69, 9.17) is 9.84 Å². The molecule has 0 heterocycles. The van der Waals surface area contributed by atoms with E-state index in [0.29, 0.717) is 12.8 Å². The Morgan fingerprint density at radius 3 is 1.19 bits per heavy atom. The van der Waals surface area contributed by atoms with E-state index in [1.807, 2.05) is 0 Å². The van der Waals surface area contributed by atoms with Crippen LogP contribution in [-0.4, -0.2) is 23.1 Å². The van der Waals surface area contributed by atoms with Crippen molar-refractivity contribution in [2.75, 3.05) is 0 Å². The minimum Gasteiger partial charge on any atom is -0.481 e. The fourth-order valence-electron chi connectivity index (χ4n) is 6.70. The van der Waals surface area contributed by atoms with Gasteiger partial charge in [0.2, 0.25) is 0 Å². The van der Waals surface area contributed by atoms with Crippen LogP contribution in [0.2, 0.25) is 0 Å². The van der Waals surface area contributed by atoms with Gasteiger partial charge in [0.15, 0.2) is 0 Å². The molecule has 0 radical (unpaired) electrons. The largest absolute Gasteiger partial charge is 0.481 e. The minimum absolute atomic E-state index is 0.0185. The Bertz CT molecular complexity index is 870. The van der Waals surface area contributed by atoms with Crippen LogP contribution in [0.3, 0.4) is 0 Å². The first-order valence-corrected chi connectivity index (χ1v) is 22.6. The number of unbranched alkanes of at least 4 members (excludes halogenated alkanes) is 24. The number of hydrogen-bond donors (Lipinski definition) is 1. The first-order valence-electron chi connectivity index (χ1n) is 22.6. The number of aliphatic carboxylic acids is 1. The SMILES string of the molecule is CCCCC/C=C\C/C=C\C/C=C\C/C=C\CCCCCCCC(=O)OC(CCCCCCCCCCC)CCCCCCCCCCCC(=O)O. The van der Waals surface area contributed by atoms with Gasteiger partial charge in [-0.25, -0.2) is 0 Å². The third-order valence-corrected chi connectivity index (χ3v) is 10.1. The zero-order valence-corrected chi connectivity index (χ0v) is 34.6. The monoisotopic (exact) mass is 727 g/mol. The number of hydrogen-bond acceptors (Lipinski definition) is 3. The van der Waals surface area contributed by atoms with Crippen LogP contribution in [0.25, 0.3) is 0 Å². The summed E-state index contributed by atoms with van der Waals surface area (Å²) in [4.78, 5) is 23.4. The van der Waals surface area contributed by atoms with E-state index in [2.05, 4.69) is 62.5 Å². The lowest BCUT2D eigenvalue weighted by Crippen LogP contribution is -2.18. The number of carbonyl (C=O) groups is 2. The van der Waals surface area contributed by atoms with Crippen molar-refractivity contribution in [3.05, 3.63) is 48.6 Å². The third kappa shape index (κ3) is 42.3. The molecule has 0 spiro atoms. The Balaban J connectivity index is 4.05. The molecule has 0 fully saturated rings. The van der Waals surface area contributed by atoms with E-state index in [9.17, 15) is 9.59 Å². The summed E-state index contributed by atoms with van der Waals surface area (Å²) >= 11 is 0. The van der Waals surface area contributed by atoms with Crippen molar-refractivity contribution in [3.63, 3.8) is 0 Å². The van der Waals surface area contributed by atoms with Gasteiger partial charge in [0.25, 0.3) is 0 Å². The van der Waals surface area contributed by atoms with Crippen LogP contribution in [0.5, 0.6) is 0 Å². The molecule has 4 heteroatoms. The first-order chi connectivity index (χ1) is 25.6. The summed E-state index contributed by atoms with van der Waals surface area (Å²) in [5.74, 6) is -0.660. The molecule has 0 saturated heterocycles. The van der Waals surface area contributed by atoms with Crippen molar-refractivity contribution in [1.29, 1.82) is 0 Å². The molecule has 302 valence electrons. The minimum atomic E-state index is -0.679. The van der Waals surface area contributed by atoms with Crippen LogP contribution >= 0.6 is 0 Å². The highest BCUT2D eigenvalue weighted by atomic mass is 16.5. The summed E-state index contributed by atoms with van der Waals surface area (Å²) in [7, 11) is 0. The van der Waals surface area contributed by atoms with Crippen molar-refractivity contribution in [2.24, 2.45) is 0 Å². The Labute approximate surface area is 323 Å². The van der Waals surface area contributed by atoms with Gasteiger partial charge in [0.1, 0.15) is 6.10 Å². The fourth-order valence-corrected chi connectivity index (χ4v) is 6.70. The number of carboxylic acids is 1. The van der Waals surface area contributed by atoms with Crippen LogP contribution in [0.15, 0.2) is 48.6 Å². The Morgan fingerprint density at radius 1 is 0.423 bits per heavy atom. The van der Waals surface area contributed by atoms with Gasteiger partial charge in [-0.1, -0.05) is 191 Å². The molecule has 0 aromatic rings. The number of ether oxygens (including phenoxy) is 1. The van der Waals surface area contributed by atoms with Crippen LogP contribution in [0, 0.1) is 0 Å². The third-order valence-electron chi connectivity index (χ3n) is 10.1. The smallest absolute Gasteiger partial charge is 0.306 e. The Kier molecular flexibility index (Phi) is 41.6. The van der Waals surface area contributed by atoms with Crippen LogP contribution in [0.4, 0.5) is 0 Å². The summed E-state index contributed by atoms with van der Waals surface area (Å²) in [6.45, 7) is 4.53. The highest BCUT2D eigenvalue weighted by Gasteiger charge is 2.14. The second-order valence-corrected chi connectivity index (χ2v) is 15.2. The first kappa shape index (κ1) is 49.9. The molecule has 0 aromatic heterocycles. The summed E-state index contributed by atoms with van der Waals surface area (Å²) in [5, 5.41) is 8.75. The molecule has 0 amide bonds. The molecule has 1 N–H and O–H groups in total. The van der Waals surface area contributed by atoms with Gasteiger partial charge in [-0.05, 0) is 83.5 Å². The number of esters is 1. The van der Waals surface area contributed by atoms with E-state index >= 15 is 0 Å². The maximum Gasteiger partial charge on any atom is 0.306 e. The molecule has 0 aromatic carbocycles. The lowest BCUT2D eigenvalue weighted by Gasteiger charge is -2.18. The van der Waals surface area contributed by atoms with Gasteiger partial charge in [-0.15, -0.1) is 0 Å². The van der Waals surface area contributed by atoms with Crippen LogP contribution < -0.4 is 0 Å². The van der Waals surface area contributed by atoms with Crippen molar-refractivity contribution in [1.82, 2.24) is 0 Å². The van der Waals surface area contributed by atoms with Gasteiger partial charge in [-0.2, -0.15) is 0 Å². The molecule has 0 aliphatic rings.